The Labute approximate surface area is 150 Å². The molecule has 0 bridgehead atoms. The van der Waals surface area contributed by atoms with Gasteiger partial charge >= 0.3 is 0 Å². The highest BCUT2D eigenvalue weighted by molar-refractivity contribution is 9.10. The third kappa shape index (κ3) is 4.57. The van der Waals surface area contributed by atoms with Gasteiger partial charge in [-0.2, -0.15) is 0 Å². The Balaban J connectivity index is 2.24. The molecular formula is C19H23BrN2O2. The van der Waals surface area contributed by atoms with Crippen molar-refractivity contribution in [2.24, 2.45) is 5.92 Å². The molecule has 128 valence electrons. The molecule has 5 heteroatoms. The van der Waals surface area contributed by atoms with Crippen molar-refractivity contribution in [2.45, 2.75) is 40.0 Å². The van der Waals surface area contributed by atoms with Crippen LogP contribution in [0.5, 0.6) is 0 Å². The lowest BCUT2D eigenvalue weighted by atomic mass is 10.0. The van der Waals surface area contributed by atoms with E-state index in [2.05, 4.69) is 33.2 Å². The van der Waals surface area contributed by atoms with Crippen LogP contribution in [0.2, 0.25) is 0 Å². The van der Waals surface area contributed by atoms with Crippen molar-refractivity contribution in [1.29, 1.82) is 0 Å². The Hall–Kier alpha value is -1.88. The second-order valence-electron chi connectivity index (χ2n) is 6.08. The number of nitrogens with one attached hydrogen (secondary N) is 2. The topological polar surface area (TPSA) is 62.0 Å². The molecule has 1 amide bonds. The molecule has 0 aliphatic carbocycles. The number of amides is 1. The Morgan fingerprint density at radius 1 is 1.38 bits per heavy atom. The zero-order chi connectivity index (χ0) is 17.7. The SMILES string of the molecule is CCCCC(C)C(=O)N/C(=C/c1c[nH]c2cc(Br)ccc12)C(C)=O. The molecule has 2 aromatic rings. The summed E-state index contributed by atoms with van der Waals surface area (Å²) in [4.78, 5) is 27.4. The molecule has 24 heavy (non-hydrogen) atoms. The highest BCUT2D eigenvalue weighted by Gasteiger charge is 2.16. The molecule has 1 heterocycles. The van der Waals surface area contributed by atoms with Crippen LogP contribution in [0.4, 0.5) is 0 Å². The van der Waals surface area contributed by atoms with Crippen molar-refractivity contribution in [2.75, 3.05) is 0 Å². The van der Waals surface area contributed by atoms with Gasteiger partial charge in [-0.05, 0) is 24.6 Å². The fourth-order valence-electron chi connectivity index (χ4n) is 2.52. The maximum atomic E-state index is 12.3. The molecule has 4 nitrogen and oxygen atoms in total. The molecule has 1 atom stereocenters. The molecule has 2 rings (SSSR count). The van der Waals surface area contributed by atoms with Crippen LogP contribution < -0.4 is 5.32 Å². The highest BCUT2D eigenvalue weighted by atomic mass is 79.9. The van der Waals surface area contributed by atoms with Gasteiger partial charge in [-0.3, -0.25) is 9.59 Å². The second-order valence-corrected chi connectivity index (χ2v) is 7.00. The van der Waals surface area contributed by atoms with Crippen molar-refractivity contribution < 1.29 is 9.59 Å². The van der Waals surface area contributed by atoms with Gasteiger partial charge in [0.25, 0.3) is 0 Å². The first-order chi connectivity index (χ1) is 11.4. The summed E-state index contributed by atoms with van der Waals surface area (Å²) in [6.07, 6.45) is 6.46. The lowest BCUT2D eigenvalue weighted by molar-refractivity contribution is -0.125. The van der Waals surface area contributed by atoms with Crippen LogP contribution in [0, 0.1) is 5.92 Å². The number of unbranched alkanes of at least 4 members (excludes halogenated alkanes) is 1. The van der Waals surface area contributed by atoms with Gasteiger partial charge in [0.15, 0.2) is 5.78 Å². The Morgan fingerprint density at radius 3 is 2.79 bits per heavy atom. The summed E-state index contributed by atoms with van der Waals surface area (Å²) in [5.41, 5.74) is 2.18. The summed E-state index contributed by atoms with van der Waals surface area (Å²) < 4.78 is 0.984. The maximum absolute atomic E-state index is 12.3. The molecule has 1 aromatic heterocycles. The van der Waals surface area contributed by atoms with Gasteiger partial charge in [-0.15, -0.1) is 0 Å². The van der Waals surface area contributed by atoms with E-state index in [-0.39, 0.29) is 17.6 Å². The number of benzene rings is 1. The monoisotopic (exact) mass is 390 g/mol. The molecule has 0 saturated carbocycles. The number of halogens is 1. The summed E-state index contributed by atoms with van der Waals surface area (Å²) in [5, 5.41) is 3.79. The maximum Gasteiger partial charge on any atom is 0.227 e. The standard InChI is InChI=1S/C19H23BrN2O2/c1-4-5-6-12(2)19(24)22-17(13(3)23)9-14-11-21-18-10-15(20)7-8-16(14)18/h7-12,21H,4-6H2,1-3H3,(H,22,24)/b17-9+. The van der Waals surface area contributed by atoms with Crippen LogP contribution in [0.1, 0.15) is 45.6 Å². The third-order valence-electron chi connectivity index (χ3n) is 4.05. The number of fused-ring (bicyclic) bond motifs is 1. The number of aromatic nitrogens is 1. The van der Waals surface area contributed by atoms with Gasteiger partial charge in [-0.1, -0.05) is 48.7 Å². The number of hydrogen-bond acceptors (Lipinski definition) is 2. The summed E-state index contributed by atoms with van der Waals surface area (Å²) in [5.74, 6) is -0.364. The van der Waals surface area contributed by atoms with E-state index in [0.717, 1.165) is 40.2 Å². The van der Waals surface area contributed by atoms with Gasteiger partial charge in [0.2, 0.25) is 5.91 Å². The smallest absolute Gasteiger partial charge is 0.227 e. The number of aromatic amines is 1. The van der Waals surface area contributed by atoms with E-state index in [1.165, 1.54) is 6.92 Å². The molecule has 1 unspecified atom stereocenters. The van der Waals surface area contributed by atoms with Gasteiger partial charge in [0.1, 0.15) is 0 Å². The fourth-order valence-corrected chi connectivity index (χ4v) is 2.88. The number of carbonyl (C=O) groups excluding carboxylic acids is 2. The van der Waals surface area contributed by atoms with E-state index in [1.54, 1.807) is 6.08 Å². The Morgan fingerprint density at radius 2 is 2.12 bits per heavy atom. The predicted molar refractivity (Wildman–Crippen MR) is 101 cm³/mol. The first-order valence-electron chi connectivity index (χ1n) is 8.22. The van der Waals surface area contributed by atoms with E-state index in [0.29, 0.717) is 5.70 Å². The number of hydrogen-bond donors (Lipinski definition) is 2. The van der Waals surface area contributed by atoms with E-state index < -0.39 is 0 Å². The quantitative estimate of drug-likeness (QED) is 0.666. The van der Waals surface area contributed by atoms with E-state index in [1.807, 2.05) is 31.3 Å². The number of rotatable bonds is 7. The molecule has 0 spiro atoms. The minimum Gasteiger partial charge on any atom is -0.361 e. The zero-order valence-electron chi connectivity index (χ0n) is 14.3. The van der Waals surface area contributed by atoms with Gasteiger partial charge in [0, 0.05) is 40.0 Å². The zero-order valence-corrected chi connectivity index (χ0v) is 15.9. The largest absolute Gasteiger partial charge is 0.361 e. The number of H-pyrrole nitrogens is 1. The normalized spacial score (nSPS) is 13.1. The molecule has 1 aromatic carbocycles. The van der Waals surface area contributed by atoms with Gasteiger partial charge < -0.3 is 10.3 Å². The van der Waals surface area contributed by atoms with Crippen LogP contribution in [0.3, 0.4) is 0 Å². The van der Waals surface area contributed by atoms with Crippen molar-refractivity contribution in [3.8, 4) is 0 Å². The Bertz CT molecular complexity index is 777. The average Bonchev–Trinajstić information content (AvgIpc) is 2.93. The van der Waals surface area contributed by atoms with Crippen LogP contribution >= 0.6 is 15.9 Å². The summed E-state index contributed by atoms with van der Waals surface area (Å²) in [7, 11) is 0. The predicted octanol–water partition coefficient (Wildman–Crippen LogP) is 4.80. The molecule has 0 fully saturated rings. The van der Waals surface area contributed by atoms with Crippen LogP contribution in [-0.4, -0.2) is 16.7 Å². The van der Waals surface area contributed by atoms with Crippen LogP contribution in [-0.2, 0) is 9.59 Å². The summed E-state index contributed by atoms with van der Waals surface area (Å²) in [6.45, 7) is 5.46. The highest BCUT2D eigenvalue weighted by Crippen LogP contribution is 2.24. The number of allylic oxidation sites excluding steroid dienone is 1. The van der Waals surface area contributed by atoms with E-state index in [4.69, 9.17) is 0 Å². The van der Waals surface area contributed by atoms with Gasteiger partial charge in [0.05, 0.1) is 5.70 Å². The molecule has 2 N–H and O–H groups in total. The molecule has 0 aliphatic heterocycles. The first-order valence-corrected chi connectivity index (χ1v) is 9.01. The van der Waals surface area contributed by atoms with Crippen molar-refractivity contribution in [3.63, 3.8) is 0 Å². The van der Waals surface area contributed by atoms with Gasteiger partial charge in [-0.25, -0.2) is 0 Å². The minimum atomic E-state index is -0.155. The number of ketones is 1. The van der Waals surface area contributed by atoms with Crippen molar-refractivity contribution >= 4 is 44.6 Å². The molecule has 0 aliphatic rings. The molecule has 0 radical (unpaired) electrons. The van der Waals surface area contributed by atoms with Crippen LogP contribution in [0.15, 0.2) is 34.6 Å². The number of carbonyl (C=O) groups is 2. The molecular weight excluding hydrogens is 368 g/mol. The van der Waals surface area contributed by atoms with E-state index in [9.17, 15) is 9.59 Å². The number of Topliss-reactive ketones (excluding diaryl/α,β-unsaturated/α-hetero) is 1. The fraction of sp³-hybridized carbons (Fsp3) is 0.368. The summed E-state index contributed by atoms with van der Waals surface area (Å²) in [6, 6.07) is 5.91. The van der Waals surface area contributed by atoms with Crippen molar-refractivity contribution in [3.05, 3.63) is 40.1 Å². The van der Waals surface area contributed by atoms with Crippen LogP contribution in [0.25, 0.3) is 17.0 Å². The Kier molecular flexibility index (Phi) is 6.37. The molecule has 0 saturated heterocycles. The lowest BCUT2D eigenvalue weighted by Gasteiger charge is -2.12. The first kappa shape index (κ1) is 18.5. The lowest BCUT2D eigenvalue weighted by Crippen LogP contribution is -2.31. The average molecular weight is 391 g/mol. The van der Waals surface area contributed by atoms with Crippen molar-refractivity contribution in [1.82, 2.24) is 10.3 Å². The third-order valence-corrected chi connectivity index (χ3v) is 4.54. The summed E-state index contributed by atoms with van der Waals surface area (Å²) >= 11 is 3.44. The van der Waals surface area contributed by atoms with E-state index >= 15 is 0 Å². The minimum absolute atomic E-state index is 0.104. The second kappa shape index (κ2) is 8.29.